The van der Waals surface area contributed by atoms with Gasteiger partial charge in [-0.3, -0.25) is 0 Å². The average Bonchev–Trinajstić information content (AvgIpc) is 2.76. The monoisotopic (exact) mass is 264 g/mol. The zero-order chi connectivity index (χ0) is 13.1. The molecule has 1 aromatic rings. The number of hydrogen-bond acceptors (Lipinski definition) is 5. The molecule has 0 bridgehead atoms. The summed E-state index contributed by atoms with van der Waals surface area (Å²) in [6.07, 6.45) is -0.181. The largest absolute Gasteiger partial charge is 0.477 e. The molecule has 1 unspecified atom stereocenters. The first-order chi connectivity index (χ1) is 7.86. The number of hydrogen-bond donors (Lipinski definition) is 5. The SMILES string of the molecule is O=C(O)c1cc(S(=O)(=O)NCC(O)CO)c[nH]1. The lowest BCUT2D eigenvalue weighted by Gasteiger charge is -2.08. The van der Waals surface area contributed by atoms with Gasteiger partial charge in [0.15, 0.2) is 0 Å². The third-order valence-electron chi connectivity index (χ3n) is 1.92. The Morgan fingerprint density at radius 3 is 2.65 bits per heavy atom. The summed E-state index contributed by atoms with van der Waals surface area (Å²) >= 11 is 0. The van der Waals surface area contributed by atoms with Gasteiger partial charge in [-0.05, 0) is 6.07 Å². The number of H-pyrrole nitrogens is 1. The van der Waals surface area contributed by atoms with E-state index in [1.165, 1.54) is 0 Å². The molecule has 8 nitrogen and oxygen atoms in total. The highest BCUT2D eigenvalue weighted by Gasteiger charge is 2.18. The van der Waals surface area contributed by atoms with Crippen LogP contribution < -0.4 is 4.72 Å². The minimum Gasteiger partial charge on any atom is -0.477 e. The van der Waals surface area contributed by atoms with Crippen LogP contribution in [0, 0.1) is 0 Å². The van der Waals surface area contributed by atoms with E-state index in [1.807, 2.05) is 4.72 Å². The number of rotatable bonds is 6. The fraction of sp³-hybridized carbons (Fsp3) is 0.375. The first-order valence-electron chi connectivity index (χ1n) is 4.57. The van der Waals surface area contributed by atoms with Crippen LogP contribution in [-0.4, -0.2) is 53.9 Å². The van der Waals surface area contributed by atoms with Crippen LogP contribution in [0.2, 0.25) is 0 Å². The number of nitrogens with one attached hydrogen (secondary N) is 2. The molecule has 0 aliphatic heterocycles. The molecule has 0 saturated heterocycles. The Morgan fingerprint density at radius 2 is 2.18 bits per heavy atom. The number of carbonyl (C=O) groups is 1. The van der Waals surface area contributed by atoms with Crippen LogP contribution in [0.5, 0.6) is 0 Å². The van der Waals surface area contributed by atoms with Crippen LogP contribution in [0.4, 0.5) is 0 Å². The fourth-order valence-corrected chi connectivity index (χ4v) is 2.07. The van der Waals surface area contributed by atoms with Gasteiger partial charge in [0, 0.05) is 12.7 Å². The predicted molar refractivity (Wildman–Crippen MR) is 56.0 cm³/mol. The normalized spacial score (nSPS) is 13.5. The van der Waals surface area contributed by atoms with E-state index in [4.69, 9.17) is 15.3 Å². The highest BCUT2D eigenvalue weighted by molar-refractivity contribution is 7.89. The number of sulfonamides is 1. The summed E-state index contributed by atoms with van der Waals surface area (Å²) in [6.45, 7) is -0.928. The van der Waals surface area contributed by atoms with Crippen LogP contribution in [0.1, 0.15) is 10.5 Å². The zero-order valence-corrected chi connectivity index (χ0v) is 9.44. The van der Waals surface area contributed by atoms with Crippen molar-refractivity contribution in [1.82, 2.24) is 9.71 Å². The molecule has 0 aliphatic carbocycles. The lowest BCUT2D eigenvalue weighted by Crippen LogP contribution is -2.33. The second-order valence-corrected chi connectivity index (χ2v) is 5.01. The van der Waals surface area contributed by atoms with Crippen LogP contribution in [0.15, 0.2) is 17.2 Å². The standard InChI is InChI=1S/C8H12N2O6S/c11-4-5(12)2-10-17(15,16)6-1-7(8(13)14)9-3-6/h1,3,5,9-12H,2,4H2,(H,13,14). The summed E-state index contributed by atoms with van der Waals surface area (Å²) in [5, 5.41) is 26.1. The lowest BCUT2D eigenvalue weighted by molar-refractivity contribution is 0.0691. The smallest absolute Gasteiger partial charge is 0.352 e. The molecule has 0 aromatic carbocycles. The third-order valence-corrected chi connectivity index (χ3v) is 3.32. The molecule has 9 heteroatoms. The summed E-state index contributed by atoms with van der Waals surface area (Å²) in [5.41, 5.74) is -0.256. The Bertz CT molecular complexity index is 494. The van der Waals surface area contributed by atoms with Gasteiger partial charge in [-0.15, -0.1) is 0 Å². The van der Waals surface area contributed by atoms with Crippen molar-refractivity contribution in [2.24, 2.45) is 0 Å². The van der Waals surface area contributed by atoms with Crippen molar-refractivity contribution in [1.29, 1.82) is 0 Å². The highest BCUT2D eigenvalue weighted by atomic mass is 32.2. The number of aromatic amines is 1. The molecular weight excluding hydrogens is 252 g/mol. The number of aromatic nitrogens is 1. The predicted octanol–water partition coefficient (Wildman–Crippen LogP) is -1.66. The number of carboxylic acids is 1. The van der Waals surface area contributed by atoms with Gasteiger partial charge in [0.2, 0.25) is 10.0 Å². The van der Waals surface area contributed by atoms with E-state index in [-0.39, 0.29) is 17.1 Å². The maximum atomic E-state index is 11.6. The summed E-state index contributed by atoms with van der Waals surface area (Å²) in [4.78, 5) is 12.6. The van der Waals surface area contributed by atoms with Gasteiger partial charge in [-0.2, -0.15) is 0 Å². The van der Waals surface area contributed by atoms with Crippen molar-refractivity contribution in [3.63, 3.8) is 0 Å². The quantitative estimate of drug-likeness (QED) is 0.417. The lowest BCUT2D eigenvalue weighted by atomic mass is 10.4. The van der Waals surface area contributed by atoms with Crippen LogP contribution in [0.25, 0.3) is 0 Å². The van der Waals surface area contributed by atoms with Crippen molar-refractivity contribution in [2.45, 2.75) is 11.0 Å². The topological polar surface area (TPSA) is 140 Å². The molecule has 0 fully saturated rings. The van der Waals surface area contributed by atoms with E-state index in [9.17, 15) is 13.2 Å². The zero-order valence-electron chi connectivity index (χ0n) is 8.62. The molecule has 5 N–H and O–H groups in total. The Kier molecular flexibility index (Phi) is 4.23. The number of aliphatic hydroxyl groups excluding tert-OH is 2. The number of aliphatic hydroxyl groups is 2. The highest BCUT2D eigenvalue weighted by Crippen LogP contribution is 2.10. The van der Waals surface area contributed by atoms with E-state index in [0.29, 0.717) is 0 Å². The molecule has 1 aromatic heterocycles. The molecule has 96 valence electrons. The summed E-state index contributed by atoms with van der Waals surface area (Å²) in [6, 6.07) is 0.954. The van der Waals surface area contributed by atoms with Crippen LogP contribution in [0.3, 0.4) is 0 Å². The Morgan fingerprint density at radius 1 is 1.53 bits per heavy atom. The second-order valence-electron chi connectivity index (χ2n) is 3.24. The van der Waals surface area contributed by atoms with Crippen molar-refractivity contribution < 1.29 is 28.5 Å². The van der Waals surface area contributed by atoms with E-state index in [2.05, 4.69) is 4.98 Å². The van der Waals surface area contributed by atoms with Crippen molar-refractivity contribution in [2.75, 3.05) is 13.2 Å². The first-order valence-corrected chi connectivity index (χ1v) is 6.05. The van der Waals surface area contributed by atoms with Crippen molar-refractivity contribution in [3.05, 3.63) is 18.0 Å². The average molecular weight is 264 g/mol. The van der Waals surface area contributed by atoms with E-state index in [0.717, 1.165) is 12.3 Å². The number of carboxylic acid groups (broad SMARTS) is 1. The third kappa shape index (κ3) is 3.53. The van der Waals surface area contributed by atoms with Gasteiger partial charge in [0.1, 0.15) is 10.6 Å². The summed E-state index contributed by atoms with van der Waals surface area (Å²) in [7, 11) is -3.89. The Hall–Kier alpha value is -1.42. The molecule has 0 saturated carbocycles. The Balaban J connectivity index is 2.79. The summed E-state index contributed by atoms with van der Waals surface area (Å²) in [5.74, 6) is -1.28. The summed E-state index contributed by atoms with van der Waals surface area (Å²) < 4.78 is 25.2. The minimum absolute atomic E-state index is 0.250. The maximum Gasteiger partial charge on any atom is 0.352 e. The molecule has 0 radical (unpaired) electrons. The molecule has 0 amide bonds. The molecule has 1 heterocycles. The molecule has 1 atom stereocenters. The van der Waals surface area contributed by atoms with Gasteiger partial charge in [-0.1, -0.05) is 0 Å². The fourth-order valence-electron chi connectivity index (χ4n) is 1.01. The van der Waals surface area contributed by atoms with Gasteiger partial charge in [-0.25, -0.2) is 17.9 Å². The minimum atomic E-state index is -3.89. The maximum absolute atomic E-state index is 11.6. The Labute approximate surface area is 97.0 Å². The van der Waals surface area contributed by atoms with Crippen molar-refractivity contribution >= 4 is 16.0 Å². The molecule has 17 heavy (non-hydrogen) atoms. The van der Waals surface area contributed by atoms with Crippen LogP contribution >= 0.6 is 0 Å². The number of aromatic carboxylic acids is 1. The van der Waals surface area contributed by atoms with Gasteiger partial charge >= 0.3 is 5.97 Å². The van der Waals surface area contributed by atoms with Gasteiger partial charge in [0.05, 0.1) is 12.7 Å². The van der Waals surface area contributed by atoms with E-state index in [1.54, 1.807) is 0 Å². The van der Waals surface area contributed by atoms with Gasteiger partial charge in [0.25, 0.3) is 0 Å². The van der Waals surface area contributed by atoms with Crippen molar-refractivity contribution in [3.8, 4) is 0 Å². The molecule has 0 spiro atoms. The molecular formula is C8H12N2O6S. The second kappa shape index (κ2) is 5.27. The van der Waals surface area contributed by atoms with E-state index < -0.39 is 28.7 Å². The first kappa shape index (κ1) is 13.6. The van der Waals surface area contributed by atoms with E-state index >= 15 is 0 Å². The van der Waals surface area contributed by atoms with Gasteiger partial charge < -0.3 is 20.3 Å². The molecule has 1 rings (SSSR count). The molecule has 0 aliphatic rings. The van der Waals surface area contributed by atoms with Crippen LogP contribution in [-0.2, 0) is 10.0 Å².